The first-order valence-corrected chi connectivity index (χ1v) is 8.40. The highest BCUT2D eigenvalue weighted by molar-refractivity contribution is 7.87. The first-order valence-electron chi connectivity index (χ1n) is 6.96. The lowest BCUT2D eigenvalue weighted by Crippen LogP contribution is -2.45. The van der Waals surface area contributed by atoms with Gasteiger partial charge in [0.25, 0.3) is 10.2 Å². The second kappa shape index (κ2) is 8.16. The SMILES string of the molecule is CN(C)CCCCNS(=O)(=O)N1CCC(CO)CC1. The Morgan fingerprint density at radius 2 is 1.89 bits per heavy atom. The molecule has 0 unspecified atom stereocenters. The second-order valence-electron chi connectivity index (χ2n) is 5.43. The normalized spacial score (nSPS) is 19.2. The molecule has 0 amide bonds. The standard InChI is InChI=1S/C12H27N3O3S/c1-14(2)8-4-3-7-13-19(17,18)15-9-5-12(11-16)6-10-15/h12-13,16H,3-11H2,1-2H3. The van der Waals surface area contributed by atoms with Crippen LogP contribution >= 0.6 is 0 Å². The minimum Gasteiger partial charge on any atom is -0.396 e. The maximum atomic E-state index is 12.0. The average Bonchev–Trinajstić information content (AvgIpc) is 2.38. The molecule has 0 spiro atoms. The molecular weight excluding hydrogens is 266 g/mol. The Morgan fingerprint density at radius 3 is 2.42 bits per heavy atom. The summed E-state index contributed by atoms with van der Waals surface area (Å²) < 4.78 is 28.2. The Balaban J connectivity index is 2.24. The molecule has 0 atom stereocenters. The summed E-state index contributed by atoms with van der Waals surface area (Å²) in [6.45, 7) is 2.65. The number of hydrogen-bond acceptors (Lipinski definition) is 4. The molecule has 2 N–H and O–H groups in total. The number of piperidine rings is 1. The quantitative estimate of drug-likeness (QED) is 0.611. The van der Waals surface area contributed by atoms with Crippen molar-refractivity contribution >= 4 is 10.2 Å². The molecule has 1 rings (SSSR count). The fourth-order valence-electron chi connectivity index (χ4n) is 2.18. The summed E-state index contributed by atoms with van der Waals surface area (Å²) in [5.41, 5.74) is 0. The average molecular weight is 293 g/mol. The largest absolute Gasteiger partial charge is 0.396 e. The molecule has 0 saturated carbocycles. The van der Waals surface area contributed by atoms with Crippen LogP contribution in [-0.4, -0.2) is 69.6 Å². The van der Waals surface area contributed by atoms with Gasteiger partial charge in [0.1, 0.15) is 0 Å². The van der Waals surface area contributed by atoms with E-state index >= 15 is 0 Å². The monoisotopic (exact) mass is 293 g/mol. The van der Waals surface area contributed by atoms with Gasteiger partial charge in [0.2, 0.25) is 0 Å². The van der Waals surface area contributed by atoms with Crippen LogP contribution in [0.4, 0.5) is 0 Å². The van der Waals surface area contributed by atoms with Crippen LogP contribution in [0.3, 0.4) is 0 Å². The van der Waals surface area contributed by atoms with Gasteiger partial charge in [-0.3, -0.25) is 0 Å². The molecule has 1 aliphatic heterocycles. The summed E-state index contributed by atoms with van der Waals surface area (Å²) in [5, 5.41) is 9.04. The van der Waals surface area contributed by atoms with E-state index in [9.17, 15) is 8.42 Å². The van der Waals surface area contributed by atoms with E-state index in [1.807, 2.05) is 14.1 Å². The Morgan fingerprint density at radius 1 is 1.26 bits per heavy atom. The molecular formula is C12H27N3O3S. The molecule has 6 nitrogen and oxygen atoms in total. The van der Waals surface area contributed by atoms with Crippen molar-refractivity contribution in [2.24, 2.45) is 5.92 Å². The summed E-state index contributed by atoms with van der Waals surface area (Å²) in [6.07, 6.45) is 3.34. The van der Waals surface area contributed by atoms with Crippen LogP contribution in [0.25, 0.3) is 0 Å². The van der Waals surface area contributed by atoms with E-state index in [4.69, 9.17) is 5.11 Å². The van der Waals surface area contributed by atoms with Gasteiger partial charge < -0.3 is 10.0 Å². The molecule has 0 aliphatic carbocycles. The summed E-state index contributed by atoms with van der Waals surface area (Å²) >= 11 is 0. The molecule has 19 heavy (non-hydrogen) atoms. The molecule has 1 fully saturated rings. The van der Waals surface area contributed by atoms with Gasteiger partial charge in [-0.05, 0) is 52.2 Å². The molecule has 1 heterocycles. The zero-order valence-electron chi connectivity index (χ0n) is 12.0. The van der Waals surface area contributed by atoms with E-state index in [1.54, 1.807) is 0 Å². The topological polar surface area (TPSA) is 72.9 Å². The van der Waals surface area contributed by atoms with Crippen LogP contribution in [0.15, 0.2) is 0 Å². The van der Waals surface area contributed by atoms with Crippen LogP contribution in [-0.2, 0) is 10.2 Å². The van der Waals surface area contributed by atoms with Gasteiger partial charge in [0.05, 0.1) is 0 Å². The number of aliphatic hydroxyl groups is 1. The van der Waals surface area contributed by atoms with Gasteiger partial charge >= 0.3 is 0 Å². The van der Waals surface area contributed by atoms with Crippen molar-refractivity contribution in [3.63, 3.8) is 0 Å². The minimum absolute atomic E-state index is 0.159. The van der Waals surface area contributed by atoms with Crippen molar-refractivity contribution in [3.05, 3.63) is 0 Å². The van der Waals surface area contributed by atoms with Crippen molar-refractivity contribution in [1.82, 2.24) is 13.9 Å². The van der Waals surface area contributed by atoms with Crippen molar-refractivity contribution in [2.45, 2.75) is 25.7 Å². The van der Waals surface area contributed by atoms with Gasteiger partial charge in [0, 0.05) is 26.2 Å². The molecule has 0 aromatic heterocycles. The minimum atomic E-state index is -3.33. The number of nitrogens with one attached hydrogen (secondary N) is 1. The van der Waals surface area contributed by atoms with Crippen LogP contribution in [0.1, 0.15) is 25.7 Å². The molecule has 0 aromatic rings. The number of hydrogen-bond donors (Lipinski definition) is 2. The number of rotatable bonds is 8. The maximum Gasteiger partial charge on any atom is 0.279 e. The zero-order valence-corrected chi connectivity index (χ0v) is 12.8. The summed E-state index contributed by atoms with van der Waals surface area (Å²) in [6, 6.07) is 0. The Bertz CT molecular complexity index is 338. The van der Waals surface area contributed by atoms with Crippen LogP contribution in [0, 0.1) is 5.92 Å². The third kappa shape index (κ3) is 6.18. The molecule has 0 aromatic carbocycles. The highest BCUT2D eigenvalue weighted by atomic mass is 32.2. The van der Waals surface area contributed by atoms with Gasteiger partial charge in [-0.2, -0.15) is 12.7 Å². The molecule has 1 saturated heterocycles. The molecule has 7 heteroatoms. The van der Waals surface area contributed by atoms with Crippen molar-refractivity contribution in [2.75, 3.05) is 46.9 Å². The Labute approximate surface area is 117 Å². The van der Waals surface area contributed by atoms with E-state index in [2.05, 4.69) is 9.62 Å². The van der Waals surface area contributed by atoms with E-state index in [1.165, 1.54) is 4.31 Å². The third-order valence-corrected chi connectivity index (χ3v) is 5.10. The van der Waals surface area contributed by atoms with E-state index in [-0.39, 0.29) is 12.5 Å². The molecule has 1 aliphatic rings. The van der Waals surface area contributed by atoms with Gasteiger partial charge in [-0.15, -0.1) is 0 Å². The number of unbranched alkanes of at least 4 members (excludes halogenated alkanes) is 1. The highest BCUT2D eigenvalue weighted by Crippen LogP contribution is 2.18. The highest BCUT2D eigenvalue weighted by Gasteiger charge is 2.26. The molecule has 0 bridgehead atoms. The lowest BCUT2D eigenvalue weighted by Gasteiger charge is -2.30. The first kappa shape index (κ1) is 16.8. The van der Waals surface area contributed by atoms with E-state index in [0.717, 1.165) is 32.2 Å². The number of nitrogens with zero attached hydrogens (tertiary/aromatic N) is 2. The molecule has 114 valence electrons. The van der Waals surface area contributed by atoms with Crippen LogP contribution in [0.2, 0.25) is 0 Å². The predicted octanol–water partition coefficient (Wildman–Crippen LogP) is -0.133. The lowest BCUT2D eigenvalue weighted by molar-refractivity contribution is 0.169. The van der Waals surface area contributed by atoms with E-state index < -0.39 is 10.2 Å². The first-order chi connectivity index (χ1) is 8.95. The van der Waals surface area contributed by atoms with Gasteiger partial charge in [0.15, 0.2) is 0 Å². The van der Waals surface area contributed by atoms with Gasteiger partial charge in [-0.1, -0.05) is 0 Å². The van der Waals surface area contributed by atoms with Crippen LogP contribution < -0.4 is 4.72 Å². The molecule has 0 radical (unpaired) electrons. The van der Waals surface area contributed by atoms with Crippen molar-refractivity contribution < 1.29 is 13.5 Å². The Kier molecular flexibility index (Phi) is 7.23. The van der Waals surface area contributed by atoms with Crippen molar-refractivity contribution in [1.29, 1.82) is 0 Å². The fraction of sp³-hybridized carbons (Fsp3) is 1.00. The predicted molar refractivity (Wildman–Crippen MR) is 76.1 cm³/mol. The Hall–Kier alpha value is -0.210. The summed E-state index contributed by atoms with van der Waals surface area (Å²) in [4.78, 5) is 2.09. The van der Waals surface area contributed by atoms with Crippen molar-refractivity contribution in [3.8, 4) is 0 Å². The van der Waals surface area contributed by atoms with Gasteiger partial charge in [-0.25, -0.2) is 4.72 Å². The lowest BCUT2D eigenvalue weighted by atomic mass is 10.00. The summed E-state index contributed by atoms with van der Waals surface area (Å²) in [5.74, 6) is 0.256. The smallest absolute Gasteiger partial charge is 0.279 e. The maximum absolute atomic E-state index is 12.0. The number of aliphatic hydroxyl groups excluding tert-OH is 1. The zero-order chi connectivity index (χ0) is 14.3. The van der Waals surface area contributed by atoms with E-state index in [0.29, 0.717) is 19.6 Å². The fourth-order valence-corrected chi connectivity index (χ4v) is 3.45. The second-order valence-corrected chi connectivity index (χ2v) is 7.19. The third-order valence-electron chi connectivity index (χ3n) is 3.49. The summed E-state index contributed by atoms with van der Waals surface area (Å²) in [7, 11) is 0.691. The van der Waals surface area contributed by atoms with Crippen LogP contribution in [0.5, 0.6) is 0 Å².